The topological polar surface area (TPSA) is 138 Å². The van der Waals surface area contributed by atoms with Crippen molar-refractivity contribution in [2.24, 2.45) is 0 Å². The molecule has 1 aliphatic heterocycles. The van der Waals surface area contributed by atoms with Crippen LogP contribution in [0.15, 0.2) is 35.4 Å². The van der Waals surface area contributed by atoms with Crippen molar-refractivity contribution in [2.45, 2.75) is 31.7 Å². The van der Waals surface area contributed by atoms with Crippen molar-refractivity contribution < 1.29 is 19.2 Å². The van der Waals surface area contributed by atoms with Crippen LogP contribution in [0.5, 0.6) is 0 Å². The summed E-state index contributed by atoms with van der Waals surface area (Å²) in [6.07, 6.45) is 6.42. The summed E-state index contributed by atoms with van der Waals surface area (Å²) in [5, 5.41) is 13.5. The summed E-state index contributed by atoms with van der Waals surface area (Å²) in [5.74, 6) is -0.440. The Morgan fingerprint density at radius 3 is 3.07 bits per heavy atom. The van der Waals surface area contributed by atoms with Crippen molar-refractivity contribution in [3.05, 3.63) is 48.1 Å². The molecule has 0 spiro atoms. The van der Waals surface area contributed by atoms with Crippen LogP contribution in [0.1, 0.15) is 36.2 Å². The van der Waals surface area contributed by atoms with E-state index in [1.807, 2.05) is 6.07 Å². The Hall–Kier alpha value is -3.56. The number of carboxylic acid groups (broad SMARTS) is 1. The number of carbonyl (C=O) groups is 2. The second-order valence-corrected chi connectivity index (χ2v) is 6.45. The Labute approximate surface area is 159 Å². The second kappa shape index (κ2) is 7.59. The fourth-order valence-corrected chi connectivity index (χ4v) is 3.30. The molecule has 3 aromatic rings. The highest BCUT2D eigenvalue weighted by atomic mass is 16.5. The molecule has 28 heavy (non-hydrogen) atoms. The number of hydrogen-bond acceptors (Lipinski definition) is 7. The van der Waals surface area contributed by atoms with Crippen LogP contribution in [0.25, 0.3) is 11.4 Å². The Morgan fingerprint density at radius 1 is 1.39 bits per heavy atom. The normalized spacial score (nSPS) is 16.0. The van der Waals surface area contributed by atoms with Crippen LogP contribution < -0.4 is 0 Å². The molecule has 0 radical (unpaired) electrons. The smallest absolute Gasteiger partial charge is 0.332 e. The number of rotatable bonds is 6. The van der Waals surface area contributed by atoms with Gasteiger partial charge in [0.1, 0.15) is 0 Å². The van der Waals surface area contributed by atoms with E-state index in [1.54, 1.807) is 18.5 Å². The van der Waals surface area contributed by atoms with Gasteiger partial charge in [0.15, 0.2) is 6.04 Å². The first-order chi connectivity index (χ1) is 13.6. The fraction of sp³-hybridized carbons (Fsp3) is 0.333. The van der Waals surface area contributed by atoms with Crippen LogP contribution in [0, 0.1) is 0 Å². The number of fused-ring (bicyclic) bond motifs is 1. The quantitative estimate of drug-likeness (QED) is 0.652. The van der Waals surface area contributed by atoms with Gasteiger partial charge in [-0.05, 0) is 18.6 Å². The van der Waals surface area contributed by atoms with Crippen LogP contribution >= 0.6 is 0 Å². The zero-order valence-electron chi connectivity index (χ0n) is 14.9. The van der Waals surface area contributed by atoms with Gasteiger partial charge in [0.25, 0.3) is 0 Å². The number of aromatic nitrogens is 5. The molecule has 0 saturated carbocycles. The van der Waals surface area contributed by atoms with Gasteiger partial charge >= 0.3 is 5.97 Å². The summed E-state index contributed by atoms with van der Waals surface area (Å²) in [7, 11) is 0. The van der Waals surface area contributed by atoms with E-state index in [0.29, 0.717) is 43.2 Å². The number of amides is 1. The Kier molecular flexibility index (Phi) is 4.83. The number of carboxylic acids is 1. The van der Waals surface area contributed by atoms with E-state index in [0.717, 1.165) is 11.3 Å². The number of hydrogen-bond donors (Lipinski definition) is 2. The van der Waals surface area contributed by atoms with E-state index in [-0.39, 0.29) is 12.3 Å². The van der Waals surface area contributed by atoms with E-state index in [1.165, 1.54) is 11.2 Å². The Morgan fingerprint density at radius 2 is 2.29 bits per heavy atom. The van der Waals surface area contributed by atoms with Crippen molar-refractivity contribution in [2.75, 3.05) is 6.54 Å². The lowest BCUT2D eigenvalue weighted by Crippen LogP contribution is -2.43. The molecular formula is C18H18N6O4. The van der Waals surface area contributed by atoms with Crippen molar-refractivity contribution in [3.63, 3.8) is 0 Å². The lowest BCUT2D eigenvalue weighted by Gasteiger charge is -2.32. The second-order valence-electron chi connectivity index (χ2n) is 6.45. The molecule has 0 saturated heterocycles. The van der Waals surface area contributed by atoms with E-state index >= 15 is 0 Å². The van der Waals surface area contributed by atoms with Gasteiger partial charge in [-0.1, -0.05) is 5.16 Å². The molecule has 0 aromatic carbocycles. The molecule has 2 N–H and O–H groups in total. The van der Waals surface area contributed by atoms with E-state index in [4.69, 9.17) is 4.52 Å². The largest absolute Gasteiger partial charge is 0.479 e. The molecule has 0 aliphatic carbocycles. The average Bonchev–Trinajstić information content (AvgIpc) is 3.37. The molecule has 1 aliphatic rings. The molecule has 1 atom stereocenters. The minimum absolute atomic E-state index is 0.189. The number of H-pyrrole nitrogens is 1. The third-order valence-corrected chi connectivity index (χ3v) is 4.65. The number of nitrogens with one attached hydrogen (secondary N) is 1. The number of imidazole rings is 1. The molecule has 0 unspecified atom stereocenters. The lowest BCUT2D eigenvalue weighted by atomic mass is 10.0. The van der Waals surface area contributed by atoms with Gasteiger partial charge in [0.2, 0.25) is 17.6 Å². The molecule has 4 rings (SSSR count). The van der Waals surface area contributed by atoms with Crippen molar-refractivity contribution in [3.8, 4) is 11.4 Å². The van der Waals surface area contributed by atoms with Gasteiger partial charge in [0.05, 0.1) is 12.0 Å². The summed E-state index contributed by atoms with van der Waals surface area (Å²) in [4.78, 5) is 41.0. The van der Waals surface area contributed by atoms with Crippen LogP contribution in [0.2, 0.25) is 0 Å². The molecule has 0 fully saturated rings. The molecule has 144 valence electrons. The highest BCUT2D eigenvalue weighted by molar-refractivity contribution is 5.85. The minimum Gasteiger partial charge on any atom is -0.479 e. The number of pyridine rings is 1. The van der Waals surface area contributed by atoms with Crippen LogP contribution in [-0.4, -0.2) is 53.5 Å². The van der Waals surface area contributed by atoms with E-state index < -0.39 is 12.0 Å². The van der Waals surface area contributed by atoms with Gasteiger partial charge in [-0.15, -0.1) is 0 Å². The first-order valence-electron chi connectivity index (χ1n) is 8.91. The highest BCUT2D eigenvalue weighted by Gasteiger charge is 2.37. The van der Waals surface area contributed by atoms with Gasteiger partial charge in [-0.25, -0.2) is 9.78 Å². The van der Waals surface area contributed by atoms with Crippen molar-refractivity contribution in [1.82, 2.24) is 30.0 Å². The zero-order chi connectivity index (χ0) is 19.5. The van der Waals surface area contributed by atoms with Crippen molar-refractivity contribution in [1.29, 1.82) is 0 Å². The summed E-state index contributed by atoms with van der Waals surface area (Å²) < 4.78 is 5.22. The lowest BCUT2D eigenvalue weighted by molar-refractivity contribution is -0.151. The summed E-state index contributed by atoms with van der Waals surface area (Å²) in [5.41, 5.74) is 1.93. The first kappa shape index (κ1) is 17.8. The van der Waals surface area contributed by atoms with E-state index in [2.05, 4.69) is 25.1 Å². The molecule has 10 heteroatoms. The molecule has 3 aromatic heterocycles. The van der Waals surface area contributed by atoms with E-state index in [9.17, 15) is 14.7 Å². The predicted molar refractivity (Wildman–Crippen MR) is 94.8 cm³/mol. The number of aromatic amines is 1. The standard InChI is InChI=1S/C18H18N6O4/c25-14(24-8-6-12-15(21-10-20-12)16(24)18(26)27)5-1-4-13-22-17(23-28-13)11-3-2-7-19-9-11/h2-3,7,9-10,16H,1,4-6,8H2,(H,20,21)(H,26,27)/t16-/m1/s1. The van der Waals surface area contributed by atoms with Gasteiger partial charge in [-0.3, -0.25) is 9.78 Å². The summed E-state index contributed by atoms with van der Waals surface area (Å²) >= 11 is 0. The summed E-state index contributed by atoms with van der Waals surface area (Å²) in [6, 6.07) is 2.56. The number of carbonyl (C=O) groups excluding carboxylic acids is 1. The number of aliphatic carboxylic acids is 1. The number of aryl methyl sites for hydroxylation is 1. The Bertz CT molecular complexity index is 983. The van der Waals surface area contributed by atoms with Gasteiger partial charge in [0, 0.05) is 49.5 Å². The van der Waals surface area contributed by atoms with Crippen LogP contribution in [-0.2, 0) is 22.4 Å². The Balaban J connectivity index is 1.36. The van der Waals surface area contributed by atoms with Crippen LogP contribution in [0.4, 0.5) is 0 Å². The average molecular weight is 382 g/mol. The maximum Gasteiger partial charge on any atom is 0.332 e. The summed E-state index contributed by atoms with van der Waals surface area (Å²) in [6.45, 7) is 0.344. The SMILES string of the molecule is O=C(O)[C@H]1c2nc[nH]c2CCN1C(=O)CCCc1nc(-c2cccnc2)no1. The third kappa shape index (κ3) is 3.48. The maximum absolute atomic E-state index is 12.6. The third-order valence-electron chi connectivity index (χ3n) is 4.65. The zero-order valence-corrected chi connectivity index (χ0v) is 14.9. The first-order valence-corrected chi connectivity index (χ1v) is 8.91. The molecular weight excluding hydrogens is 364 g/mol. The fourth-order valence-electron chi connectivity index (χ4n) is 3.30. The monoisotopic (exact) mass is 382 g/mol. The molecule has 0 bridgehead atoms. The van der Waals surface area contributed by atoms with Gasteiger partial charge < -0.3 is 19.5 Å². The predicted octanol–water partition coefficient (Wildman–Crippen LogP) is 1.39. The van der Waals surface area contributed by atoms with Crippen LogP contribution in [0.3, 0.4) is 0 Å². The van der Waals surface area contributed by atoms with Gasteiger partial charge in [-0.2, -0.15) is 4.98 Å². The van der Waals surface area contributed by atoms with Crippen molar-refractivity contribution >= 4 is 11.9 Å². The molecule has 10 nitrogen and oxygen atoms in total. The highest BCUT2D eigenvalue weighted by Crippen LogP contribution is 2.28. The molecule has 1 amide bonds. The molecule has 4 heterocycles. The maximum atomic E-state index is 12.6. The number of nitrogens with zero attached hydrogens (tertiary/aromatic N) is 5. The minimum atomic E-state index is -1.08.